The summed E-state index contributed by atoms with van der Waals surface area (Å²) in [5, 5.41) is 0. The highest BCUT2D eigenvalue weighted by Crippen LogP contribution is 2.45. The summed E-state index contributed by atoms with van der Waals surface area (Å²) in [5.41, 5.74) is 10.8. The van der Waals surface area contributed by atoms with E-state index >= 15 is 0 Å². The first-order valence-corrected chi connectivity index (χ1v) is 13.9. The molecule has 5 rings (SSSR count). The maximum absolute atomic E-state index is 6.07. The van der Waals surface area contributed by atoms with Crippen LogP contribution >= 0.6 is 0 Å². The molecule has 0 N–H and O–H groups in total. The molecule has 0 saturated heterocycles. The molecule has 36 heavy (non-hydrogen) atoms. The van der Waals surface area contributed by atoms with Crippen molar-refractivity contribution in [1.82, 2.24) is 0 Å². The summed E-state index contributed by atoms with van der Waals surface area (Å²) in [6, 6.07) is 33.0. The average Bonchev–Trinajstić information content (AvgIpc) is 3.31. The van der Waals surface area contributed by atoms with Gasteiger partial charge in [-0.1, -0.05) is 131 Å². The Kier molecular flexibility index (Phi) is 8.18. The number of hydrogen-bond donors (Lipinski definition) is 0. The minimum Gasteiger partial charge on any atom is -0.494 e. The molecule has 0 saturated carbocycles. The Hall–Kier alpha value is -3.32. The molecule has 0 unspecified atom stereocenters. The van der Waals surface area contributed by atoms with Crippen LogP contribution in [-0.4, -0.2) is 6.61 Å². The molecule has 1 aliphatic rings. The van der Waals surface area contributed by atoms with Gasteiger partial charge in [-0.05, 0) is 69.5 Å². The molecule has 0 amide bonds. The molecular formula is C35H38O. The lowest BCUT2D eigenvalue weighted by Gasteiger charge is -2.16. The average molecular weight is 475 g/mol. The lowest BCUT2D eigenvalue weighted by molar-refractivity contribution is 0.304. The van der Waals surface area contributed by atoms with Crippen LogP contribution < -0.4 is 4.74 Å². The Morgan fingerprint density at radius 1 is 0.556 bits per heavy atom. The predicted molar refractivity (Wildman–Crippen MR) is 154 cm³/mol. The Bertz CT molecular complexity index is 1250. The van der Waals surface area contributed by atoms with Crippen molar-refractivity contribution in [1.29, 1.82) is 0 Å². The Morgan fingerprint density at radius 2 is 1.22 bits per heavy atom. The molecule has 184 valence electrons. The molecule has 0 aromatic heterocycles. The van der Waals surface area contributed by atoms with Gasteiger partial charge in [-0.25, -0.2) is 0 Å². The summed E-state index contributed by atoms with van der Waals surface area (Å²) in [5.74, 6) is 0.969. The largest absolute Gasteiger partial charge is 0.494 e. The summed E-state index contributed by atoms with van der Waals surface area (Å²) in [6.07, 6.45) is 11.6. The van der Waals surface area contributed by atoms with Crippen LogP contribution in [0.1, 0.15) is 69.4 Å². The molecule has 0 heterocycles. The summed E-state index contributed by atoms with van der Waals surface area (Å²) >= 11 is 0. The molecule has 1 heteroatoms. The first-order chi connectivity index (χ1) is 17.8. The third-order valence-corrected chi connectivity index (χ3v) is 7.48. The summed E-state index contributed by atoms with van der Waals surface area (Å²) in [4.78, 5) is 0. The van der Waals surface area contributed by atoms with Crippen molar-refractivity contribution in [2.24, 2.45) is 0 Å². The zero-order valence-electron chi connectivity index (χ0n) is 21.6. The molecule has 4 aromatic rings. The van der Waals surface area contributed by atoms with Crippen LogP contribution in [0.5, 0.6) is 5.75 Å². The zero-order valence-corrected chi connectivity index (χ0v) is 21.6. The van der Waals surface area contributed by atoms with Gasteiger partial charge in [-0.15, -0.1) is 0 Å². The number of ether oxygens (including phenoxy) is 1. The van der Waals surface area contributed by atoms with Crippen LogP contribution in [0.2, 0.25) is 0 Å². The second kappa shape index (κ2) is 12.1. The molecule has 0 aliphatic heterocycles. The van der Waals surface area contributed by atoms with Crippen molar-refractivity contribution in [3.8, 4) is 39.1 Å². The molecule has 1 nitrogen and oxygen atoms in total. The molecule has 1 aliphatic carbocycles. The number of unbranched alkanes of at least 4 members (excludes halogenated alkanes) is 7. The third-order valence-electron chi connectivity index (χ3n) is 7.48. The number of fused-ring (bicyclic) bond motifs is 3. The van der Waals surface area contributed by atoms with Gasteiger partial charge in [0.2, 0.25) is 0 Å². The van der Waals surface area contributed by atoms with Crippen LogP contribution in [0.4, 0.5) is 0 Å². The second-order valence-electron chi connectivity index (χ2n) is 10.1. The summed E-state index contributed by atoms with van der Waals surface area (Å²) in [6.45, 7) is 3.08. The minimum atomic E-state index is 0.806. The smallest absolute Gasteiger partial charge is 0.119 e. The zero-order chi connectivity index (χ0) is 24.6. The quantitative estimate of drug-likeness (QED) is 0.163. The Morgan fingerprint density at radius 3 is 2.00 bits per heavy atom. The number of benzene rings is 4. The van der Waals surface area contributed by atoms with E-state index in [2.05, 4.69) is 97.9 Å². The fourth-order valence-electron chi connectivity index (χ4n) is 5.54. The summed E-state index contributed by atoms with van der Waals surface area (Å²) in [7, 11) is 0. The number of rotatable bonds is 12. The standard InChI is InChI=1S/C35H38O/c1-2-3-4-5-6-7-8-14-25-36-30-21-19-27(20-22-30)32-23-24-33-31-18-13-12-17-29(31)26-34(33)35(32)28-15-10-9-11-16-28/h9-13,15-24H,2-8,14,25-26H2,1H3. The molecule has 0 bridgehead atoms. The van der Waals surface area contributed by atoms with E-state index in [1.54, 1.807) is 0 Å². The number of hydrogen-bond acceptors (Lipinski definition) is 1. The van der Waals surface area contributed by atoms with E-state index in [1.807, 2.05) is 0 Å². The predicted octanol–water partition coefficient (Wildman–Crippen LogP) is 10.1. The highest BCUT2D eigenvalue weighted by molar-refractivity contribution is 5.93. The third kappa shape index (κ3) is 5.57. The van der Waals surface area contributed by atoms with E-state index in [9.17, 15) is 0 Å². The van der Waals surface area contributed by atoms with E-state index in [0.29, 0.717) is 0 Å². The van der Waals surface area contributed by atoms with E-state index in [4.69, 9.17) is 4.74 Å². The van der Waals surface area contributed by atoms with Gasteiger partial charge in [-0.2, -0.15) is 0 Å². The minimum absolute atomic E-state index is 0.806. The first kappa shape index (κ1) is 24.4. The maximum atomic E-state index is 6.07. The fraction of sp³-hybridized carbons (Fsp3) is 0.314. The van der Waals surface area contributed by atoms with Gasteiger partial charge in [0.1, 0.15) is 5.75 Å². The van der Waals surface area contributed by atoms with Gasteiger partial charge >= 0.3 is 0 Å². The molecule has 4 aromatic carbocycles. The van der Waals surface area contributed by atoms with Gasteiger partial charge < -0.3 is 4.74 Å². The van der Waals surface area contributed by atoms with Crippen LogP contribution in [-0.2, 0) is 6.42 Å². The Labute approximate surface area is 217 Å². The van der Waals surface area contributed by atoms with E-state index in [-0.39, 0.29) is 0 Å². The first-order valence-electron chi connectivity index (χ1n) is 13.9. The van der Waals surface area contributed by atoms with Gasteiger partial charge in [0.25, 0.3) is 0 Å². The van der Waals surface area contributed by atoms with Gasteiger partial charge in [0.05, 0.1) is 6.61 Å². The van der Waals surface area contributed by atoms with E-state index < -0.39 is 0 Å². The monoisotopic (exact) mass is 474 g/mol. The lowest BCUT2D eigenvalue weighted by Crippen LogP contribution is -1.97. The SMILES string of the molecule is CCCCCCCCCCOc1ccc(-c2ccc3c(c2-c2ccccc2)Cc2ccccc2-3)cc1. The van der Waals surface area contributed by atoms with E-state index in [0.717, 1.165) is 25.2 Å². The van der Waals surface area contributed by atoms with Crippen LogP contribution in [0.15, 0.2) is 91.0 Å². The molecule has 0 radical (unpaired) electrons. The van der Waals surface area contributed by atoms with Crippen molar-refractivity contribution in [2.45, 2.75) is 64.7 Å². The molecule has 0 spiro atoms. The van der Waals surface area contributed by atoms with Crippen LogP contribution in [0.25, 0.3) is 33.4 Å². The summed E-state index contributed by atoms with van der Waals surface area (Å²) < 4.78 is 6.07. The highest BCUT2D eigenvalue weighted by atomic mass is 16.5. The van der Waals surface area contributed by atoms with Gasteiger partial charge in [-0.3, -0.25) is 0 Å². The van der Waals surface area contributed by atoms with Crippen LogP contribution in [0.3, 0.4) is 0 Å². The van der Waals surface area contributed by atoms with Gasteiger partial charge in [0.15, 0.2) is 0 Å². The normalized spacial score (nSPS) is 11.8. The second-order valence-corrected chi connectivity index (χ2v) is 10.1. The lowest BCUT2D eigenvalue weighted by atomic mass is 9.88. The topological polar surface area (TPSA) is 9.23 Å². The maximum Gasteiger partial charge on any atom is 0.119 e. The molecule has 0 atom stereocenters. The fourth-order valence-corrected chi connectivity index (χ4v) is 5.54. The molecule has 0 fully saturated rings. The van der Waals surface area contributed by atoms with Crippen LogP contribution in [0, 0.1) is 0 Å². The van der Waals surface area contributed by atoms with Crippen molar-refractivity contribution in [3.63, 3.8) is 0 Å². The van der Waals surface area contributed by atoms with Crippen molar-refractivity contribution < 1.29 is 4.74 Å². The van der Waals surface area contributed by atoms with Crippen molar-refractivity contribution >= 4 is 0 Å². The van der Waals surface area contributed by atoms with Crippen molar-refractivity contribution in [3.05, 3.63) is 102 Å². The van der Waals surface area contributed by atoms with E-state index in [1.165, 1.54) is 89.5 Å². The molecular weight excluding hydrogens is 436 g/mol. The Balaban J connectivity index is 1.29. The highest BCUT2D eigenvalue weighted by Gasteiger charge is 2.24. The van der Waals surface area contributed by atoms with Gasteiger partial charge in [0, 0.05) is 0 Å². The van der Waals surface area contributed by atoms with Crippen molar-refractivity contribution in [2.75, 3.05) is 6.61 Å².